The Labute approximate surface area is 120 Å². The topological polar surface area (TPSA) is 41.3 Å². The van der Waals surface area contributed by atoms with Crippen molar-refractivity contribution < 1.29 is 4.42 Å². The van der Waals surface area contributed by atoms with E-state index in [-0.39, 0.29) is 0 Å². The zero-order valence-corrected chi connectivity index (χ0v) is 12.2. The van der Waals surface area contributed by atoms with Crippen LogP contribution in [0.3, 0.4) is 0 Å². The lowest BCUT2D eigenvalue weighted by molar-refractivity contribution is 0.213. The fraction of sp³-hybridized carbons (Fsp3) is 0.357. The van der Waals surface area contributed by atoms with Crippen LogP contribution in [0.4, 0.5) is 0 Å². The Kier molecular flexibility index (Phi) is 3.96. The maximum absolute atomic E-state index is 5.85. The van der Waals surface area contributed by atoms with E-state index in [2.05, 4.69) is 31.1 Å². The van der Waals surface area contributed by atoms with Gasteiger partial charge in [-0.15, -0.1) is 0 Å². The smallest absolute Gasteiger partial charge is 0.209 e. The van der Waals surface area contributed by atoms with Crippen LogP contribution < -0.4 is 5.32 Å². The van der Waals surface area contributed by atoms with Gasteiger partial charge in [-0.1, -0.05) is 34.1 Å². The molecule has 0 bridgehead atoms. The second kappa shape index (κ2) is 5.86. The van der Waals surface area contributed by atoms with E-state index >= 15 is 0 Å². The molecule has 0 unspecified atom stereocenters. The number of hydrogen-bond acceptors (Lipinski definition) is 4. The Hall–Kier alpha value is -1.17. The van der Waals surface area contributed by atoms with Crippen molar-refractivity contribution in [3.05, 3.63) is 40.8 Å². The van der Waals surface area contributed by atoms with Gasteiger partial charge in [0.05, 0.1) is 12.7 Å². The lowest BCUT2D eigenvalue weighted by Gasteiger charge is -2.25. The van der Waals surface area contributed by atoms with E-state index in [9.17, 15) is 0 Å². The second-order valence-electron chi connectivity index (χ2n) is 4.62. The Balaban J connectivity index is 1.74. The molecule has 0 atom stereocenters. The van der Waals surface area contributed by atoms with E-state index in [0.29, 0.717) is 0 Å². The monoisotopic (exact) mass is 321 g/mol. The van der Waals surface area contributed by atoms with E-state index < -0.39 is 0 Å². The summed E-state index contributed by atoms with van der Waals surface area (Å²) < 4.78 is 6.88. The van der Waals surface area contributed by atoms with E-state index in [1.165, 1.54) is 0 Å². The fourth-order valence-electron chi connectivity index (χ4n) is 2.23. The normalized spacial score (nSPS) is 16.7. The summed E-state index contributed by atoms with van der Waals surface area (Å²) in [5, 5.41) is 3.34. The quantitative estimate of drug-likeness (QED) is 0.943. The molecule has 3 rings (SSSR count). The van der Waals surface area contributed by atoms with Crippen molar-refractivity contribution in [3.63, 3.8) is 0 Å². The minimum Gasteiger partial charge on any atom is -0.439 e. The number of halogens is 1. The molecule has 5 heteroatoms. The summed E-state index contributed by atoms with van der Waals surface area (Å²) >= 11 is 3.53. The van der Waals surface area contributed by atoms with Gasteiger partial charge in [0.1, 0.15) is 0 Å². The summed E-state index contributed by atoms with van der Waals surface area (Å²) in [6.45, 7) is 4.96. The molecule has 100 valence electrons. The third kappa shape index (κ3) is 3.05. The maximum atomic E-state index is 5.85. The molecule has 19 heavy (non-hydrogen) atoms. The molecule has 4 nitrogen and oxygen atoms in total. The number of aromatic nitrogens is 1. The number of oxazole rings is 1. The summed E-state index contributed by atoms with van der Waals surface area (Å²) in [5.41, 5.74) is 1.04. The zero-order chi connectivity index (χ0) is 13.1. The molecule has 0 radical (unpaired) electrons. The van der Waals surface area contributed by atoms with Crippen LogP contribution >= 0.6 is 15.9 Å². The second-order valence-corrected chi connectivity index (χ2v) is 5.48. The van der Waals surface area contributed by atoms with Gasteiger partial charge in [-0.2, -0.15) is 0 Å². The maximum Gasteiger partial charge on any atom is 0.209 e. The van der Waals surface area contributed by atoms with Crippen molar-refractivity contribution in [2.24, 2.45) is 0 Å². The minimum atomic E-state index is 0.784. The van der Waals surface area contributed by atoms with Crippen LogP contribution in [0, 0.1) is 0 Å². The Morgan fingerprint density at radius 2 is 2.05 bits per heavy atom. The van der Waals surface area contributed by atoms with Gasteiger partial charge in [0.15, 0.2) is 5.76 Å². The van der Waals surface area contributed by atoms with E-state index in [1.54, 1.807) is 6.20 Å². The summed E-state index contributed by atoms with van der Waals surface area (Å²) in [6.07, 6.45) is 1.80. The van der Waals surface area contributed by atoms with Gasteiger partial charge >= 0.3 is 0 Å². The fourth-order valence-corrected chi connectivity index (χ4v) is 2.71. The molecule has 1 aliphatic rings. The molecule has 1 fully saturated rings. The number of piperazine rings is 1. The SMILES string of the molecule is Brc1ccccc1-c1cnc(CN2CCNCC2)o1. The van der Waals surface area contributed by atoms with Crippen LogP contribution in [0.25, 0.3) is 11.3 Å². The third-order valence-electron chi connectivity index (χ3n) is 3.26. The lowest BCUT2D eigenvalue weighted by atomic mass is 10.2. The van der Waals surface area contributed by atoms with Gasteiger partial charge in [0.25, 0.3) is 0 Å². The van der Waals surface area contributed by atoms with Gasteiger partial charge in [0.2, 0.25) is 5.89 Å². The lowest BCUT2D eigenvalue weighted by Crippen LogP contribution is -2.42. The Morgan fingerprint density at radius 1 is 1.26 bits per heavy atom. The van der Waals surface area contributed by atoms with Crippen molar-refractivity contribution in [1.82, 2.24) is 15.2 Å². The highest BCUT2D eigenvalue weighted by atomic mass is 79.9. The van der Waals surface area contributed by atoms with Crippen LogP contribution in [0.2, 0.25) is 0 Å². The first-order chi connectivity index (χ1) is 9.33. The van der Waals surface area contributed by atoms with Gasteiger partial charge in [-0.3, -0.25) is 4.90 Å². The Morgan fingerprint density at radius 3 is 2.84 bits per heavy atom. The molecule has 2 heterocycles. The summed E-state index contributed by atoms with van der Waals surface area (Å²) in [6, 6.07) is 8.03. The van der Waals surface area contributed by atoms with Crippen LogP contribution in [-0.2, 0) is 6.54 Å². The molecule has 1 aliphatic heterocycles. The number of benzene rings is 1. The largest absolute Gasteiger partial charge is 0.439 e. The average molecular weight is 322 g/mol. The van der Waals surface area contributed by atoms with E-state index in [4.69, 9.17) is 4.42 Å². The van der Waals surface area contributed by atoms with Crippen molar-refractivity contribution in [2.45, 2.75) is 6.54 Å². The molecule has 0 aliphatic carbocycles. The van der Waals surface area contributed by atoms with Crippen LogP contribution in [-0.4, -0.2) is 36.1 Å². The molecule has 2 aromatic rings. The highest BCUT2D eigenvalue weighted by molar-refractivity contribution is 9.10. The predicted molar refractivity (Wildman–Crippen MR) is 77.8 cm³/mol. The number of hydrogen-bond donors (Lipinski definition) is 1. The van der Waals surface area contributed by atoms with Gasteiger partial charge < -0.3 is 9.73 Å². The first kappa shape index (κ1) is 12.8. The average Bonchev–Trinajstić information content (AvgIpc) is 2.89. The highest BCUT2D eigenvalue weighted by Crippen LogP contribution is 2.28. The number of rotatable bonds is 3. The summed E-state index contributed by atoms with van der Waals surface area (Å²) in [5.74, 6) is 1.60. The predicted octanol–water partition coefficient (Wildman–Crippen LogP) is 2.51. The molecule has 1 aromatic heterocycles. The van der Waals surface area contributed by atoms with Gasteiger partial charge in [0, 0.05) is 36.2 Å². The summed E-state index contributed by atoms with van der Waals surface area (Å²) in [7, 11) is 0. The van der Waals surface area contributed by atoms with Gasteiger partial charge in [-0.25, -0.2) is 4.98 Å². The van der Waals surface area contributed by atoms with Crippen molar-refractivity contribution >= 4 is 15.9 Å². The molecule has 0 spiro atoms. The van der Waals surface area contributed by atoms with E-state index in [1.807, 2.05) is 24.3 Å². The van der Waals surface area contributed by atoms with Crippen LogP contribution in [0.5, 0.6) is 0 Å². The molecule has 0 saturated carbocycles. The highest BCUT2D eigenvalue weighted by Gasteiger charge is 2.14. The van der Waals surface area contributed by atoms with E-state index in [0.717, 1.165) is 54.4 Å². The Bertz CT molecular complexity index is 549. The first-order valence-electron chi connectivity index (χ1n) is 6.45. The van der Waals surface area contributed by atoms with Crippen LogP contribution in [0.15, 0.2) is 39.4 Å². The van der Waals surface area contributed by atoms with Crippen molar-refractivity contribution in [1.29, 1.82) is 0 Å². The van der Waals surface area contributed by atoms with Crippen molar-refractivity contribution in [3.8, 4) is 11.3 Å². The first-order valence-corrected chi connectivity index (χ1v) is 7.25. The number of nitrogens with zero attached hydrogens (tertiary/aromatic N) is 2. The molecule has 1 saturated heterocycles. The molecular weight excluding hydrogens is 306 g/mol. The van der Waals surface area contributed by atoms with Crippen molar-refractivity contribution in [2.75, 3.05) is 26.2 Å². The molecule has 1 aromatic carbocycles. The summed E-state index contributed by atoms with van der Waals surface area (Å²) in [4.78, 5) is 6.73. The van der Waals surface area contributed by atoms with Crippen LogP contribution in [0.1, 0.15) is 5.89 Å². The molecule has 1 N–H and O–H groups in total. The standard InChI is InChI=1S/C14H16BrN3O/c15-12-4-2-1-3-11(12)13-9-17-14(19-13)10-18-7-5-16-6-8-18/h1-4,9,16H,5-8,10H2. The zero-order valence-electron chi connectivity index (χ0n) is 10.6. The minimum absolute atomic E-state index is 0.784. The third-order valence-corrected chi connectivity index (χ3v) is 3.95. The molecule has 0 amide bonds. The molecular formula is C14H16BrN3O. The number of nitrogens with one attached hydrogen (secondary N) is 1. The van der Waals surface area contributed by atoms with Gasteiger partial charge in [-0.05, 0) is 6.07 Å².